The van der Waals surface area contributed by atoms with Crippen molar-refractivity contribution in [2.75, 3.05) is 13.7 Å². The molecular formula is C15H19NO5. The number of aliphatic hydroxyl groups is 1. The molecule has 1 heterocycles. The van der Waals surface area contributed by atoms with Gasteiger partial charge in [0.25, 0.3) is 0 Å². The lowest BCUT2D eigenvalue weighted by atomic mass is 10.1. The summed E-state index contributed by atoms with van der Waals surface area (Å²) in [5.41, 5.74) is 1.71. The first kappa shape index (κ1) is 15.3. The molecule has 6 nitrogen and oxygen atoms in total. The van der Waals surface area contributed by atoms with Gasteiger partial charge >= 0.3 is 5.97 Å². The smallest absolute Gasteiger partial charge is 0.326 e. The highest BCUT2D eigenvalue weighted by molar-refractivity contribution is 5.86. The summed E-state index contributed by atoms with van der Waals surface area (Å²) in [4.78, 5) is 24.7. The fourth-order valence-electron chi connectivity index (χ4n) is 2.63. The van der Waals surface area contributed by atoms with Crippen LogP contribution in [0.4, 0.5) is 0 Å². The van der Waals surface area contributed by atoms with Crippen LogP contribution < -0.4 is 4.74 Å². The normalized spacial score (nSPS) is 21.4. The predicted octanol–water partition coefficient (Wildman–Crippen LogP) is 0.593. The summed E-state index contributed by atoms with van der Waals surface area (Å²) in [6.07, 6.45) is -0.651. The van der Waals surface area contributed by atoms with E-state index < -0.39 is 18.1 Å². The molecule has 1 saturated heterocycles. The topological polar surface area (TPSA) is 87.1 Å². The fraction of sp³-hybridized carbons (Fsp3) is 0.467. The number of carboxylic acids is 1. The van der Waals surface area contributed by atoms with Crippen LogP contribution in [0.5, 0.6) is 5.75 Å². The summed E-state index contributed by atoms with van der Waals surface area (Å²) >= 11 is 0. The van der Waals surface area contributed by atoms with E-state index in [4.69, 9.17) is 9.84 Å². The Balaban J connectivity index is 2.18. The Morgan fingerprint density at radius 1 is 1.43 bits per heavy atom. The van der Waals surface area contributed by atoms with Gasteiger partial charge in [-0.2, -0.15) is 0 Å². The van der Waals surface area contributed by atoms with Crippen molar-refractivity contribution < 1.29 is 24.5 Å². The number of ether oxygens (including phenoxy) is 1. The molecule has 0 aromatic heterocycles. The standard InChI is InChI=1S/C15H19NO5/c1-9-3-4-13(21-2)10(5-9)6-14(18)16-8-11(17)7-12(16)15(19)20/h3-5,11-12,17H,6-8H2,1-2H3,(H,19,20)/t11-,12+/m1/s1. The molecule has 2 N–H and O–H groups in total. The van der Waals surface area contributed by atoms with E-state index in [1.54, 1.807) is 6.07 Å². The van der Waals surface area contributed by atoms with E-state index in [2.05, 4.69) is 0 Å². The van der Waals surface area contributed by atoms with Crippen LogP contribution in [0, 0.1) is 6.92 Å². The number of aryl methyl sites for hydroxylation is 1. The maximum Gasteiger partial charge on any atom is 0.326 e. The molecule has 6 heteroatoms. The van der Waals surface area contributed by atoms with Crippen molar-refractivity contribution in [1.29, 1.82) is 0 Å². The number of aliphatic carboxylic acids is 1. The number of methoxy groups -OCH3 is 1. The quantitative estimate of drug-likeness (QED) is 0.848. The number of carboxylic acid groups (broad SMARTS) is 1. The molecule has 1 aromatic rings. The van der Waals surface area contributed by atoms with E-state index in [1.165, 1.54) is 12.0 Å². The first-order chi connectivity index (χ1) is 9.92. The molecule has 1 fully saturated rings. The maximum atomic E-state index is 12.4. The van der Waals surface area contributed by atoms with E-state index in [0.717, 1.165) is 5.56 Å². The SMILES string of the molecule is COc1ccc(C)cc1CC(=O)N1C[C@H](O)C[C@H]1C(=O)O. The lowest BCUT2D eigenvalue weighted by Gasteiger charge is -2.21. The van der Waals surface area contributed by atoms with E-state index >= 15 is 0 Å². The van der Waals surface area contributed by atoms with Gasteiger partial charge in [-0.1, -0.05) is 17.7 Å². The Morgan fingerprint density at radius 2 is 2.14 bits per heavy atom. The van der Waals surface area contributed by atoms with E-state index in [-0.39, 0.29) is 25.3 Å². The van der Waals surface area contributed by atoms with Crippen LogP contribution in [0.25, 0.3) is 0 Å². The molecule has 1 aliphatic rings. The second-order valence-electron chi connectivity index (χ2n) is 5.28. The maximum absolute atomic E-state index is 12.4. The van der Waals surface area contributed by atoms with Gasteiger partial charge in [-0.05, 0) is 13.0 Å². The molecule has 0 aliphatic carbocycles. The van der Waals surface area contributed by atoms with Crippen LogP contribution >= 0.6 is 0 Å². The van der Waals surface area contributed by atoms with E-state index in [0.29, 0.717) is 11.3 Å². The van der Waals surface area contributed by atoms with Gasteiger partial charge in [-0.25, -0.2) is 4.79 Å². The zero-order valence-corrected chi connectivity index (χ0v) is 12.1. The summed E-state index contributed by atoms with van der Waals surface area (Å²) in [6, 6.07) is 4.56. The molecule has 21 heavy (non-hydrogen) atoms. The third kappa shape index (κ3) is 3.33. The van der Waals surface area contributed by atoms with Gasteiger partial charge in [-0.3, -0.25) is 4.79 Å². The highest BCUT2D eigenvalue weighted by atomic mass is 16.5. The molecule has 0 radical (unpaired) electrons. The average molecular weight is 293 g/mol. The summed E-state index contributed by atoms with van der Waals surface area (Å²) in [5.74, 6) is -0.806. The largest absolute Gasteiger partial charge is 0.496 e. The highest BCUT2D eigenvalue weighted by Crippen LogP contribution is 2.24. The monoisotopic (exact) mass is 293 g/mol. The van der Waals surface area contributed by atoms with Crippen molar-refractivity contribution >= 4 is 11.9 Å². The number of β-amino-alcohol motifs (C(OH)–C–C–N with tert-alkyl or cyclic N) is 1. The minimum atomic E-state index is -1.09. The number of carbonyl (C=O) groups is 2. The second kappa shape index (κ2) is 6.13. The number of amides is 1. The highest BCUT2D eigenvalue weighted by Gasteiger charge is 2.38. The molecule has 2 atom stereocenters. The molecule has 114 valence electrons. The van der Waals surface area contributed by atoms with E-state index in [1.807, 2.05) is 19.1 Å². The lowest BCUT2D eigenvalue weighted by molar-refractivity contribution is -0.148. The molecule has 0 saturated carbocycles. The Kier molecular flexibility index (Phi) is 4.47. The van der Waals surface area contributed by atoms with Gasteiger partial charge in [0.2, 0.25) is 5.91 Å². The van der Waals surface area contributed by atoms with Crippen LogP contribution in [0.2, 0.25) is 0 Å². The summed E-state index contributed by atoms with van der Waals surface area (Å²) in [5, 5.41) is 18.7. The minimum absolute atomic E-state index is 0.0569. The fourth-order valence-corrected chi connectivity index (χ4v) is 2.63. The van der Waals surface area contributed by atoms with Gasteiger partial charge in [-0.15, -0.1) is 0 Å². The minimum Gasteiger partial charge on any atom is -0.496 e. The Bertz CT molecular complexity index is 557. The van der Waals surface area contributed by atoms with Crippen molar-refractivity contribution in [2.45, 2.75) is 31.9 Å². The molecule has 0 spiro atoms. The number of nitrogens with zero attached hydrogens (tertiary/aromatic N) is 1. The number of likely N-dealkylation sites (tertiary alicyclic amines) is 1. The lowest BCUT2D eigenvalue weighted by Crippen LogP contribution is -2.41. The molecule has 0 bridgehead atoms. The third-order valence-corrected chi connectivity index (χ3v) is 3.66. The van der Waals surface area contributed by atoms with Gasteiger partial charge < -0.3 is 19.8 Å². The Labute approximate surface area is 122 Å². The molecule has 2 rings (SSSR count). The van der Waals surface area contributed by atoms with Crippen molar-refractivity contribution in [1.82, 2.24) is 4.90 Å². The number of carbonyl (C=O) groups excluding carboxylic acids is 1. The predicted molar refractivity (Wildman–Crippen MR) is 75.2 cm³/mol. The van der Waals surface area contributed by atoms with Crippen LogP contribution in [0.15, 0.2) is 18.2 Å². The zero-order valence-electron chi connectivity index (χ0n) is 12.1. The molecule has 1 aliphatic heterocycles. The van der Waals surface area contributed by atoms with Gasteiger partial charge in [0.15, 0.2) is 0 Å². The van der Waals surface area contributed by atoms with Crippen LogP contribution in [0.1, 0.15) is 17.5 Å². The third-order valence-electron chi connectivity index (χ3n) is 3.66. The van der Waals surface area contributed by atoms with Gasteiger partial charge in [0, 0.05) is 18.5 Å². The van der Waals surface area contributed by atoms with E-state index in [9.17, 15) is 14.7 Å². The summed E-state index contributed by atoms with van der Waals surface area (Å²) < 4.78 is 5.22. The number of aliphatic hydroxyl groups excluding tert-OH is 1. The first-order valence-corrected chi connectivity index (χ1v) is 6.76. The van der Waals surface area contributed by atoms with Crippen molar-refractivity contribution in [3.05, 3.63) is 29.3 Å². The average Bonchev–Trinajstić information content (AvgIpc) is 2.81. The van der Waals surface area contributed by atoms with Crippen molar-refractivity contribution in [2.24, 2.45) is 0 Å². The number of hydrogen-bond donors (Lipinski definition) is 2. The number of rotatable bonds is 4. The molecule has 0 unspecified atom stereocenters. The molecule has 1 amide bonds. The van der Waals surface area contributed by atoms with Gasteiger partial charge in [0.1, 0.15) is 11.8 Å². The van der Waals surface area contributed by atoms with Gasteiger partial charge in [0.05, 0.1) is 19.6 Å². The Morgan fingerprint density at radius 3 is 2.76 bits per heavy atom. The summed E-state index contributed by atoms with van der Waals surface area (Å²) in [7, 11) is 1.53. The van der Waals surface area contributed by atoms with Crippen LogP contribution in [0.3, 0.4) is 0 Å². The second-order valence-corrected chi connectivity index (χ2v) is 5.28. The summed E-state index contributed by atoms with van der Waals surface area (Å²) in [6.45, 7) is 1.97. The van der Waals surface area contributed by atoms with Crippen LogP contribution in [-0.4, -0.2) is 52.8 Å². The van der Waals surface area contributed by atoms with Crippen molar-refractivity contribution in [3.63, 3.8) is 0 Å². The Hall–Kier alpha value is -2.08. The first-order valence-electron chi connectivity index (χ1n) is 6.76. The number of hydrogen-bond acceptors (Lipinski definition) is 4. The molecule has 1 aromatic carbocycles. The van der Waals surface area contributed by atoms with Crippen molar-refractivity contribution in [3.8, 4) is 5.75 Å². The number of benzene rings is 1. The molecular weight excluding hydrogens is 274 g/mol. The van der Waals surface area contributed by atoms with Crippen LogP contribution in [-0.2, 0) is 16.0 Å². The zero-order chi connectivity index (χ0) is 15.6.